The van der Waals surface area contributed by atoms with Crippen molar-refractivity contribution in [1.82, 2.24) is 9.78 Å². The van der Waals surface area contributed by atoms with Crippen LogP contribution >= 0.6 is 0 Å². The van der Waals surface area contributed by atoms with E-state index in [9.17, 15) is 8.42 Å². The van der Waals surface area contributed by atoms with Crippen LogP contribution < -0.4 is 14.2 Å². The Balaban J connectivity index is 1.89. The highest BCUT2D eigenvalue weighted by atomic mass is 32.2. The molecule has 0 atom stereocenters. The predicted molar refractivity (Wildman–Crippen MR) is 80.9 cm³/mol. The number of nitrogens with zero attached hydrogens (tertiary/aromatic N) is 2. The Morgan fingerprint density at radius 3 is 2.68 bits per heavy atom. The van der Waals surface area contributed by atoms with E-state index in [1.807, 2.05) is 6.92 Å². The molecule has 0 amide bonds. The summed E-state index contributed by atoms with van der Waals surface area (Å²) < 4.78 is 40.0. The fourth-order valence-electron chi connectivity index (χ4n) is 2.24. The Bertz CT molecular complexity index is 798. The lowest BCUT2D eigenvalue weighted by atomic mass is 10.3. The summed E-state index contributed by atoms with van der Waals surface area (Å²) in [6.45, 7) is 5.13. The summed E-state index contributed by atoms with van der Waals surface area (Å²) in [6, 6.07) is 4.95. The van der Waals surface area contributed by atoms with Crippen LogP contribution in [0, 0.1) is 6.92 Å². The van der Waals surface area contributed by atoms with Gasteiger partial charge in [0.15, 0.2) is 11.5 Å². The van der Waals surface area contributed by atoms with Crippen molar-refractivity contribution < 1.29 is 17.9 Å². The monoisotopic (exact) mass is 323 g/mol. The van der Waals surface area contributed by atoms with Crippen molar-refractivity contribution >= 4 is 15.7 Å². The normalized spacial score (nSPS) is 13.9. The first-order valence-electron chi connectivity index (χ1n) is 6.96. The number of hydrogen-bond acceptors (Lipinski definition) is 5. The number of aryl methyl sites for hydroxylation is 2. The van der Waals surface area contributed by atoms with Crippen LogP contribution in [0.1, 0.15) is 12.6 Å². The summed E-state index contributed by atoms with van der Waals surface area (Å²) in [7, 11) is -3.69. The summed E-state index contributed by atoms with van der Waals surface area (Å²) in [5.74, 6) is 1.15. The highest BCUT2D eigenvalue weighted by Crippen LogP contribution is 2.33. The second-order valence-corrected chi connectivity index (χ2v) is 6.55. The zero-order valence-corrected chi connectivity index (χ0v) is 13.2. The number of hydrogen-bond donors (Lipinski definition) is 1. The van der Waals surface area contributed by atoms with Crippen LogP contribution in [0.5, 0.6) is 11.5 Å². The van der Waals surface area contributed by atoms with Gasteiger partial charge in [-0.1, -0.05) is 0 Å². The van der Waals surface area contributed by atoms with Crippen LogP contribution in [-0.2, 0) is 16.6 Å². The van der Waals surface area contributed by atoms with Gasteiger partial charge in [-0.2, -0.15) is 5.10 Å². The molecule has 2 aromatic rings. The average Bonchev–Trinajstić information content (AvgIpc) is 2.89. The second kappa shape index (κ2) is 5.53. The molecular weight excluding hydrogens is 306 g/mol. The van der Waals surface area contributed by atoms with Crippen LogP contribution in [0.3, 0.4) is 0 Å². The molecular formula is C14H17N3O4S. The minimum Gasteiger partial charge on any atom is -0.486 e. The Morgan fingerprint density at radius 2 is 2.00 bits per heavy atom. The van der Waals surface area contributed by atoms with Gasteiger partial charge >= 0.3 is 0 Å². The Hall–Kier alpha value is -2.22. The zero-order chi connectivity index (χ0) is 15.7. The van der Waals surface area contributed by atoms with Crippen LogP contribution in [0.25, 0.3) is 0 Å². The summed E-state index contributed by atoms with van der Waals surface area (Å²) in [5.41, 5.74) is 0.889. The number of rotatable bonds is 4. The molecule has 0 bridgehead atoms. The number of anilines is 1. The standard InChI is InChI=1S/C14H17N3O4S/c1-3-17-9-14(10(2)15-17)22(18,19)16-11-4-5-12-13(8-11)21-7-6-20-12/h4-5,8-9,16H,3,6-7H2,1-2H3. The van der Waals surface area contributed by atoms with Gasteiger partial charge in [0, 0.05) is 18.8 Å². The van der Waals surface area contributed by atoms with Crippen LogP contribution in [0.2, 0.25) is 0 Å². The van der Waals surface area contributed by atoms with Crippen molar-refractivity contribution in [3.63, 3.8) is 0 Å². The molecule has 0 aliphatic carbocycles. The molecule has 1 N–H and O–H groups in total. The van der Waals surface area contributed by atoms with E-state index in [0.717, 1.165) is 0 Å². The lowest BCUT2D eigenvalue weighted by molar-refractivity contribution is 0.171. The number of nitrogens with one attached hydrogen (secondary N) is 1. The van der Waals surface area contributed by atoms with Crippen LogP contribution in [0.15, 0.2) is 29.3 Å². The Kier molecular flexibility index (Phi) is 3.69. The fraction of sp³-hybridized carbons (Fsp3) is 0.357. The predicted octanol–water partition coefficient (Wildman–Crippen LogP) is 1.78. The van der Waals surface area contributed by atoms with Crippen molar-refractivity contribution in [3.05, 3.63) is 30.1 Å². The van der Waals surface area contributed by atoms with Gasteiger partial charge in [0.25, 0.3) is 10.0 Å². The van der Waals surface area contributed by atoms with Crippen molar-refractivity contribution in [1.29, 1.82) is 0 Å². The molecule has 0 spiro atoms. The molecule has 1 aromatic heterocycles. The first-order chi connectivity index (χ1) is 10.5. The molecule has 0 unspecified atom stereocenters. The number of fused-ring (bicyclic) bond motifs is 1. The molecule has 1 aliphatic rings. The average molecular weight is 323 g/mol. The molecule has 3 rings (SSSR count). The molecule has 0 saturated carbocycles. The highest BCUT2D eigenvalue weighted by molar-refractivity contribution is 7.92. The highest BCUT2D eigenvalue weighted by Gasteiger charge is 2.21. The Labute approximate surface area is 128 Å². The van der Waals surface area contributed by atoms with Gasteiger partial charge in [-0.3, -0.25) is 9.40 Å². The molecule has 118 valence electrons. The molecule has 0 fully saturated rings. The summed E-state index contributed by atoms with van der Waals surface area (Å²) in [5, 5.41) is 4.16. The van der Waals surface area contributed by atoms with Gasteiger partial charge in [-0.25, -0.2) is 8.42 Å². The first kappa shape index (κ1) is 14.7. The van der Waals surface area contributed by atoms with Crippen molar-refractivity contribution in [2.75, 3.05) is 17.9 Å². The summed E-state index contributed by atoms with van der Waals surface area (Å²) in [4.78, 5) is 0.171. The van der Waals surface area contributed by atoms with E-state index in [2.05, 4.69) is 9.82 Å². The first-order valence-corrected chi connectivity index (χ1v) is 8.44. The lowest BCUT2D eigenvalue weighted by Gasteiger charge is -2.19. The SMILES string of the molecule is CCn1cc(S(=O)(=O)Nc2ccc3c(c2)OCCO3)c(C)n1. The maximum absolute atomic E-state index is 12.5. The molecule has 2 heterocycles. The largest absolute Gasteiger partial charge is 0.486 e. The van der Waals surface area contributed by atoms with E-state index in [-0.39, 0.29) is 4.90 Å². The van der Waals surface area contributed by atoms with E-state index in [0.29, 0.717) is 42.6 Å². The number of benzene rings is 1. The van der Waals surface area contributed by atoms with E-state index in [4.69, 9.17) is 9.47 Å². The van der Waals surface area contributed by atoms with Gasteiger partial charge in [0.2, 0.25) is 0 Å². The summed E-state index contributed by atoms with van der Waals surface area (Å²) >= 11 is 0. The van der Waals surface area contributed by atoms with Gasteiger partial charge in [-0.15, -0.1) is 0 Å². The molecule has 7 nitrogen and oxygen atoms in total. The third-order valence-corrected chi connectivity index (χ3v) is 4.79. The summed E-state index contributed by atoms with van der Waals surface area (Å²) in [6.07, 6.45) is 1.52. The van der Waals surface area contributed by atoms with Gasteiger partial charge < -0.3 is 9.47 Å². The Morgan fingerprint density at radius 1 is 1.27 bits per heavy atom. The van der Waals surface area contributed by atoms with Gasteiger partial charge in [0.1, 0.15) is 18.1 Å². The molecule has 8 heteroatoms. The van der Waals surface area contributed by atoms with E-state index in [1.165, 1.54) is 6.20 Å². The third kappa shape index (κ3) is 2.74. The maximum atomic E-state index is 12.5. The molecule has 1 aliphatic heterocycles. The van der Waals surface area contributed by atoms with Crippen LogP contribution in [0.4, 0.5) is 5.69 Å². The van der Waals surface area contributed by atoms with Gasteiger partial charge in [0.05, 0.1) is 11.4 Å². The molecule has 1 aromatic carbocycles. The maximum Gasteiger partial charge on any atom is 0.265 e. The smallest absolute Gasteiger partial charge is 0.265 e. The van der Waals surface area contributed by atoms with E-state index < -0.39 is 10.0 Å². The molecule has 0 saturated heterocycles. The van der Waals surface area contributed by atoms with Crippen molar-refractivity contribution in [2.24, 2.45) is 0 Å². The minimum absolute atomic E-state index is 0.171. The second-order valence-electron chi connectivity index (χ2n) is 4.90. The van der Waals surface area contributed by atoms with Gasteiger partial charge in [-0.05, 0) is 26.0 Å². The molecule has 0 radical (unpaired) electrons. The van der Waals surface area contributed by atoms with E-state index >= 15 is 0 Å². The number of aromatic nitrogens is 2. The van der Waals surface area contributed by atoms with Crippen LogP contribution in [-0.4, -0.2) is 31.4 Å². The quantitative estimate of drug-likeness (QED) is 0.927. The number of sulfonamides is 1. The fourth-order valence-corrected chi connectivity index (χ4v) is 3.48. The lowest BCUT2D eigenvalue weighted by Crippen LogP contribution is -2.17. The number of ether oxygens (including phenoxy) is 2. The minimum atomic E-state index is -3.69. The third-order valence-electron chi connectivity index (χ3n) is 3.31. The molecule has 22 heavy (non-hydrogen) atoms. The van der Waals surface area contributed by atoms with Crippen molar-refractivity contribution in [2.45, 2.75) is 25.3 Å². The van der Waals surface area contributed by atoms with Crippen molar-refractivity contribution in [3.8, 4) is 11.5 Å². The van der Waals surface area contributed by atoms with E-state index in [1.54, 1.807) is 29.8 Å². The topological polar surface area (TPSA) is 82.5 Å². The zero-order valence-electron chi connectivity index (χ0n) is 12.4.